The van der Waals surface area contributed by atoms with Crippen molar-refractivity contribution in [3.63, 3.8) is 0 Å². The summed E-state index contributed by atoms with van der Waals surface area (Å²) in [7, 11) is 0. The molecule has 100 valence electrons. The SMILES string of the molecule is Nc1nc(Cl)cc(NCCOCC2CCCO2)n1. The Morgan fingerprint density at radius 3 is 3.17 bits per heavy atom. The number of aromatic nitrogens is 2. The van der Waals surface area contributed by atoms with Crippen LogP contribution in [0, 0.1) is 0 Å². The van der Waals surface area contributed by atoms with Crippen LogP contribution in [0.5, 0.6) is 0 Å². The van der Waals surface area contributed by atoms with Gasteiger partial charge in [-0.25, -0.2) is 4.98 Å². The summed E-state index contributed by atoms with van der Waals surface area (Å²) in [6.07, 6.45) is 2.48. The highest BCUT2D eigenvalue weighted by Crippen LogP contribution is 2.13. The summed E-state index contributed by atoms with van der Waals surface area (Å²) in [5, 5.41) is 3.39. The molecule has 0 amide bonds. The van der Waals surface area contributed by atoms with Crippen molar-refractivity contribution in [1.29, 1.82) is 0 Å². The maximum absolute atomic E-state index is 5.76. The van der Waals surface area contributed by atoms with E-state index in [9.17, 15) is 0 Å². The summed E-state index contributed by atoms with van der Waals surface area (Å²) in [6, 6.07) is 1.62. The molecule has 1 aromatic rings. The first-order valence-electron chi connectivity index (χ1n) is 5.97. The fourth-order valence-corrected chi connectivity index (χ4v) is 1.96. The first-order valence-corrected chi connectivity index (χ1v) is 6.35. The Labute approximate surface area is 111 Å². The number of rotatable bonds is 6. The highest BCUT2D eigenvalue weighted by Gasteiger charge is 2.14. The highest BCUT2D eigenvalue weighted by atomic mass is 35.5. The van der Waals surface area contributed by atoms with Gasteiger partial charge in [0.2, 0.25) is 5.95 Å². The van der Waals surface area contributed by atoms with Crippen LogP contribution >= 0.6 is 11.6 Å². The summed E-state index contributed by atoms with van der Waals surface area (Å²) >= 11 is 5.76. The molecule has 2 heterocycles. The molecular formula is C11H17ClN4O2. The van der Waals surface area contributed by atoms with Gasteiger partial charge >= 0.3 is 0 Å². The molecule has 3 N–H and O–H groups in total. The molecule has 6 nitrogen and oxygen atoms in total. The van der Waals surface area contributed by atoms with E-state index in [0.717, 1.165) is 19.4 Å². The largest absolute Gasteiger partial charge is 0.377 e. The van der Waals surface area contributed by atoms with Gasteiger partial charge in [0.15, 0.2) is 0 Å². The molecule has 0 spiro atoms. The Balaban J connectivity index is 1.62. The number of nitrogens with two attached hydrogens (primary N) is 1. The summed E-state index contributed by atoms with van der Waals surface area (Å²) in [5.41, 5.74) is 5.48. The van der Waals surface area contributed by atoms with Crippen molar-refractivity contribution in [3.05, 3.63) is 11.2 Å². The number of nitrogens with one attached hydrogen (secondary N) is 1. The Hall–Kier alpha value is -1.11. The highest BCUT2D eigenvalue weighted by molar-refractivity contribution is 6.29. The smallest absolute Gasteiger partial charge is 0.223 e. The van der Waals surface area contributed by atoms with Gasteiger partial charge in [-0.3, -0.25) is 0 Å². The molecule has 0 saturated carbocycles. The number of anilines is 2. The minimum absolute atomic E-state index is 0.158. The van der Waals surface area contributed by atoms with Gasteiger partial charge in [-0.2, -0.15) is 4.98 Å². The lowest BCUT2D eigenvalue weighted by Crippen LogP contribution is -2.18. The monoisotopic (exact) mass is 272 g/mol. The van der Waals surface area contributed by atoms with Crippen LogP contribution in [-0.2, 0) is 9.47 Å². The van der Waals surface area contributed by atoms with E-state index in [0.29, 0.717) is 30.7 Å². The molecule has 1 unspecified atom stereocenters. The molecule has 1 fully saturated rings. The molecule has 0 aliphatic carbocycles. The molecule has 1 saturated heterocycles. The lowest BCUT2D eigenvalue weighted by Gasteiger charge is -2.10. The van der Waals surface area contributed by atoms with Gasteiger partial charge in [0.25, 0.3) is 0 Å². The van der Waals surface area contributed by atoms with Crippen LogP contribution in [-0.4, -0.2) is 42.4 Å². The Bertz CT molecular complexity index is 365. The van der Waals surface area contributed by atoms with Gasteiger partial charge < -0.3 is 20.5 Å². The van der Waals surface area contributed by atoms with Gasteiger partial charge in [0, 0.05) is 19.2 Å². The second-order valence-electron chi connectivity index (χ2n) is 4.07. The molecule has 0 radical (unpaired) electrons. The van der Waals surface area contributed by atoms with Crippen LogP contribution in [0.25, 0.3) is 0 Å². The fourth-order valence-electron chi connectivity index (χ4n) is 1.77. The normalized spacial score (nSPS) is 19.1. The van der Waals surface area contributed by atoms with E-state index >= 15 is 0 Å². The topological polar surface area (TPSA) is 82.3 Å². The average Bonchev–Trinajstić information content (AvgIpc) is 2.80. The third-order valence-corrected chi connectivity index (χ3v) is 2.79. The van der Waals surface area contributed by atoms with E-state index in [1.54, 1.807) is 6.07 Å². The average molecular weight is 273 g/mol. The van der Waals surface area contributed by atoms with Gasteiger partial charge in [-0.1, -0.05) is 11.6 Å². The number of hydrogen-bond acceptors (Lipinski definition) is 6. The van der Waals surface area contributed by atoms with Gasteiger partial charge in [0.05, 0.1) is 19.3 Å². The maximum Gasteiger partial charge on any atom is 0.223 e. The maximum atomic E-state index is 5.76. The fraction of sp³-hybridized carbons (Fsp3) is 0.636. The third kappa shape index (κ3) is 4.29. The Morgan fingerprint density at radius 1 is 1.56 bits per heavy atom. The van der Waals surface area contributed by atoms with Gasteiger partial charge in [-0.05, 0) is 12.8 Å². The number of halogens is 1. The van der Waals surface area contributed by atoms with Crippen LogP contribution in [0.2, 0.25) is 5.15 Å². The van der Waals surface area contributed by atoms with Crippen molar-refractivity contribution < 1.29 is 9.47 Å². The molecule has 0 bridgehead atoms. The predicted molar refractivity (Wildman–Crippen MR) is 69.7 cm³/mol. The van der Waals surface area contributed by atoms with Crippen LogP contribution in [0.3, 0.4) is 0 Å². The zero-order valence-electron chi connectivity index (χ0n) is 10.1. The van der Waals surface area contributed by atoms with Crippen molar-refractivity contribution in [2.45, 2.75) is 18.9 Å². The van der Waals surface area contributed by atoms with Crippen LogP contribution in [0.4, 0.5) is 11.8 Å². The second-order valence-corrected chi connectivity index (χ2v) is 4.46. The molecule has 7 heteroatoms. The first kappa shape index (κ1) is 13.3. The molecule has 1 atom stereocenters. The molecule has 18 heavy (non-hydrogen) atoms. The van der Waals surface area contributed by atoms with Crippen molar-refractivity contribution >= 4 is 23.4 Å². The van der Waals surface area contributed by atoms with Gasteiger partial charge in [-0.15, -0.1) is 0 Å². The summed E-state index contributed by atoms with van der Waals surface area (Å²) in [6.45, 7) is 2.72. The lowest BCUT2D eigenvalue weighted by atomic mass is 10.2. The van der Waals surface area contributed by atoms with Crippen molar-refractivity contribution in [2.75, 3.05) is 37.4 Å². The zero-order valence-corrected chi connectivity index (χ0v) is 10.8. The minimum Gasteiger partial charge on any atom is -0.377 e. The number of nitrogens with zero attached hydrogens (tertiary/aromatic N) is 2. The van der Waals surface area contributed by atoms with E-state index in [1.807, 2.05) is 0 Å². The number of nitrogen functional groups attached to an aromatic ring is 1. The summed E-state index contributed by atoms with van der Waals surface area (Å²) < 4.78 is 11.0. The van der Waals surface area contributed by atoms with Crippen LogP contribution in [0.1, 0.15) is 12.8 Å². The molecule has 1 aliphatic heterocycles. The van der Waals surface area contributed by atoms with E-state index in [1.165, 1.54) is 0 Å². The second kappa shape index (κ2) is 6.72. The molecule has 1 aliphatic rings. The lowest BCUT2D eigenvalue weighted by molar-refractivity contribution is 0.0206. The number of ether oxygens (including phenoxy) is 2. The van der Waals surface area contributed by atoms with E-state index in [2.05, 4.69) is 15.3 Å². The molecule has 0 aromatic carbocycles. The third-order valence-electron chi connectivity index (χ3n) is 2.59. The molecule has 2 rings (SSSR count). The van der Waals surface area contributed by atoms with Gasteiger partial charge in [0.1, 0.15) is 11.0 Å². The van der Waals surface area contributed by atoms with E-state index < -0.39 is 0 Å². The van der Waals surface area contributed by atoms with Crippen molar-refractivity contribution in [1.82, 2.24) is 9.97 Å². The Morgan fingerprint density at radius 2 is 2.44 bits per heavy atom. The summed E-state index contributed by atoms with van der Waals surface area (Å²) in [4.78, 5) is 7.78. The quantitative estimate of drug-likeness (QED) is 0.600. The van der Waals surface area contributed by atoms with Crippen LogP contribution in [0.15, 0.2) is 6.07 Å². The molecular weight excluding hydrogens is 256 g/mol. The van der Waals surface area contributed by atoms with Crippen molar-refractivity contribution in [3.8, 4) is 0 Å². The van der Waals surface area contributed by atoms with E-state index in [4.69, 9.17) is 26.8 Å². The number of hydrogen-bond donors (Lipinski definition) is 2. The van der Waals surface area contributed by atoms with Crippen molar-refractivity contribution in [2.24, 2.45) is 0 Å². The van der Waals surface area contributed by atoms with Crippen LogP contribution < -0.4 is 11.1 Å². The summed E-state index contributed by atoms with van der Waals surface area (Å²) in [5.74, 6) is 0.762. The predicted octanol–water partition coefficient (Wildman–Crippen LogP) is 1.32. The van der Waals surface area contributed by atoms with E-state index in [-0.39, 0.29) is 12.1 Å². The standard InChI is InChI=1S/C11H17ClN4O2/c12-9-6-10(16-11(13)15-9)14-3-5-17-7-8-2-1-4-18-8/h6,8H,1-5,7H2,(H3,13,14,15,16). The zero-order chi connectivity index (χ0) is 12.8. The minimum atomic E-state index is 0.158. The first-order chi connectivity index (χ1) is 8.74. The Kier molecular flexibility index (Phi) is 4.98. The molecule has 1 aromatic heterocycles.